The summed E-state index contributed by atoms with van der Waals surface area (Å²) in [4.78, 5) is 24.5. The summed E-state index contributed by atoms with van der Waals surface area (Å²) in [6.07, 6.45) is 0. The Morgan fingerprint density at radius 3 is 2.62 bits per heavy atom. The van der Waals surface area contributed by atoms with E-state index in [1.165, 1.54) is 29.5 Å². The van der Waals surface area contributed by atoms with Gasteiger partial charge in [0.15, 0.2) is 6.61 Å². The predicted octanol–water partition coefficient (Wildman–Crippen LogP) is 5.05. The molecule has 4 nitrogen and oxygen atoms in total. The largest absolute Gasteiger partial charge is 0.451 e. The maximum Gasteiger partial charge on any atom is 0.348 e. The normalized spacial score (nSPS) is 11.0. The molecule has 7 heteroatoms. The first-order valence-electron chi connectivity index (χ1n) is 7.74. The Bertz CT molecular complexity index is 1130. The molecule has 2 aromatic heterocycles. The van der Waals surface area contributed by atoms with E-state index in [1.807, 2.05) is 24.3 Å². The highest BCUT2D eigenvalue weighted by Crippen LogP contribution is 2.39. The molecule has 0 saturated carbocycles. The van der Waals surface area contributed by atoms with Crippen molar-refractivity contribution in [3.8, 4) is 0 Å². The van der Waals surface area contributed by atoms with Crippen LogP contribution in [0.3, 0.4) is 0 Å². The zero-order valence-corrected chi connectivity index (χ0v) is 15.0. The lowest BCUT2D eigenvalue weighted by Gasteiger charge is -2.06. The summed E-state index contributed by atoms with van der Waals surface area (Å²) < 4.78 is 21.8. The number of para-hydroxylation sites is 1. The average molecular weight is 385 g/mol. The number of hydrogen-bond acceptors (Lipinski definition) is 5. The summed E-state index contributed by atoms with van der Waals surface area (Å²) in [5.74, 6) is -1.70. The van der Waals surface area contributed by atoms with Gasteiger partial charge >= 0.3 is 5.97 Å². The molecule has 2 aromatic carbocycles. The zero-order valence-electron chi connectivity index (χ0n) is 13.3. The Kier molecular flexibility index (Phi) is 4.40. The van der Waals surface area contributed by atoms with Crippen LogP contribution in [0.5, 0.6) is 0 Å². The van der Waals surface area contributed by atoms with Crippen molar-refractivity contribution >= 4 is 59.7 Å². The van der Waals surface area contributed by atoms with E-state index >= 15 is 0 Å². The fraction of sp³-hybridized carbons (Fsp3) is 0.0526. The molecule has 0 aliphatic rings. The Morgan fingerprint density at radius 2 is 1.77 bits per heavy atom. The first-order valence-corrected chi connectivity index (χ1v) is 9.38. The second-order valence-corrected chi connectivity index (χ2v) is 7.64. The third kappa shape index (κ3) is 3.18. The first-order chi connectivity index (χ1) is 12.6. The Balaban J connectivity index is 1.44. The van der Waals surface area contributed by atoms with Gasteiger partial charge in [0, 0.05) is 14.8 Å². The molecular formula is C19H12FNO3S2. The standard InChI is InChI=1S/C19H12FNO3S2/c20-12-6-2-3-7-13(12)21-17(22)10-24-19(23)16-9-15-18(26-16)11-5-1-4-8-14(11)25-15/h1-9H,10H2,(H,21,22). The van der Waals surface area contributed by atoms with Crippen molar-refractivity contribution in [2.24, 2.45) is 0 Å². The Morgan fingerprint density at radius 1 is 1.00 bits per heavy atom. The summed E-state index contributed by atoms with van der Waals surface area (Å²) in [5.41, 5.74) is 0.0525. The van der Waals surface area contributed by atoms with Crippen molar-refractivity contribution in [3.05, 3.63) is 65.3 Å². The van der Waals surface area contributed by atoms with Crippen LogP contribution in [0.15, 0.2) is 54.6 Å². The number of thiophene rings is 2. The average Bonchev–Trinajstić information content (AvgIpc) is 3.19. The summed E-state index contributed by atoms with van der Waals surface area (Å²) in [5, 5.41) is 3.48. The predicted molar refractivity (Wildman–Crippen MR) is 103 cm³/mol. The third-order valence-corrected chi connectivity index (χ3v) is 6.13. The van der Waals surface area contributed by atoms with Gasteiger partial charge in [0.2, 0.25) is 0 Å². The second-order valence-electron chi connectivity index (χ2n) is 5.51. The quantitative estimate of drug-likeness (QED) is 0.500. The van der Waals surface area contributed by atoms with Gasteiger partial charge in [-0.05, 0) is 24.3 Å². The molecule has 0 unspecified atom stereocenters. The molecule has 1 N–H and O–H groups in total. The van der Waals surface area contributed by atoms with Crippen LogP contribution in [0, 0.1) is 5.82 Å². The van der Waals surface area contributed by atoms with E-state index in [0.29, 0.717) is 4.88 Å². The van der Waals surface area contributed by atoms with Gasteiger partial charge < -0.3 is 10.1 Å². The highest BCUT2D eigenvalue weighted by Gasteiger charge is 2.17. The maximum atomic E-state index is 13.5. The number of carbonyl (C=O) groups is 2. The van der Waals surface area contributed by atoms with Crippen LogP contribution in [-0.2, 0) is 9.53 Å². The second kappa shape index (κ2) is 6.86. The summed E-state index contributed by atoms with van der Waals surface area (Å²) >= 11 is 2.95. The maximum absolute atomic E-state index is 13.5. The lowest BCUT2D eigenvalue weighted by Crippen LogP contribution is -2.21. The fourth-order valence-corrected chi connectivity index (χ4v) is 4.97. The van der Waals surface area contributed by atoms with E-state index in [1.54, 1.807) is 23.5 Å². The molecule has 2 heterocycles. The molecule has 130 valence electrons. The van der Waals surface area contributed by atoms with Crippen molar-refractivity contribution < 1.29 is 18.7 Å². The number of fused-ring (bicyclic) bond motifs is 3. The minimum atomic E-state index is -0.590. The van der Waals surface area contributed by atoms with Gasteiger partial charge in [0.1, 0.15) is 10.7 Å². The lowest BCUT2D eigenvalue weighted by atomic mass is 10.2. The molecule has 26 heavy (non-hydrogen) atoms. The van der Waals surface area contributed by atoms with Crippen LogP contribution in [-0.4, -0.2) is 18.5 Å². The smallest absolute Gasteiger partial charge is 0.348 e. The molecule has 4 aromatic rings. The van der Waals surface area contributed by atoms with Crippen LogP contribution in [0.25, 0.3) is 19.5 Å². The van der Waals surface area contributed by atoms with Gasteiger partial charge in [-0.15, -0.1) is 22.7 Å². The number of anilines is 1. The summed E-state index contributed by atoms with van der Waals surface area (Å²) in [7, 11) is 0. The number of benzene rings is 2. The molecule has 0 atom stereocenters. The first kappa shape index (κ1) is 16.7. The molecule has 0 aliphatic carbocycles. The molecule has 0 spiro atoms. The number of halogens is 1. The highest BCUT2D eigenvalue weighted by molar-refractivity contribution is 7.33. The van der Waals surface area contributed by atoms with Gasteiger partial charge in [-0.3, -0.25) is 4.79 Å². The summed E-state index contributed by atoms with van der Waals surface area (Å²) in [6.45, 7) is -0.473. The van der Waals surface area contributed by atoms with Crippen molar-refractivity contribution in [2.75, 3.05) is 11.9 Å². The van der Waals surface area contributed by atoms with E-state index in [2.05, 4.69) is 5.32 Å². The number of hydrogen-bond donors (Lipinski definition) is 1. The van der Waals surface area contributed by atoms with Crippen LogP contribution in [0.4, 0.5) is 10.1 Å². The summed E-state index contributed by atoms with van der Waals surface area (Å²) in [6, 6.07) is 15.6. The Hall–Kier alpha value is -2.77. The van der Waals surface area contributed by atoms with Crippen molar-refractivity contribution in [3.63, 3.8) is 0 Å². The van der Waals surface area contributed by atoms with Gasteiger partial charge in [0.25, 0.3) is 5.91 Å². The van der Waals surface area contributed by atoms with E-state index in [0.717, 1.165) is 19.5 Å². The van der Waals surface area contributed by atoms with E-state index < -0.39 is 24.3 Å². The molecule has 0 aliphatic heterocycles. The van der Waals surface area contributed by atoms with Crippen molar-refractivity contribution in [1.29, 1.82) is 0 Å². The van der Waals surface area contributed by atoms with E-state index in [9.17, 15) is 14.0 Å². The van der Waals surface area contributed by atoms with E-state index in [4.69, 9.17) is 4.74 Å². The third-order valence-electron chi connectivity index (χ3n) is 3.73. The topological polar surface area (TPSA) is 55.4 Å². The molecule has 1 amide bonds. The van der Waals surface area contributed by atoms with Gasteiger partial charge in [-0.25, -0.2) is 9.18 Å². The van der Waals surface area contributed by atoms with Crippen molar-refractivity contribution in [1.82, 2.24) is 0 Å². The zero-order chi connectivity index (χ0) is 18.1. The van der Waals surface area contributed by atoms with Gasteiger partial charge in [-0.1, -0.05) is 30.3 Å². The number of nitrogens with one attached hydrogen (secondary N) is 1. The van der Waals surface area contributed by atoms with Gasteiger partial charge in [0.05, 0.1) is 10.4 Å². The molecular weight excluding hydrogens is 373 g/mol. The lowest BCUT2D eigenvalue weighted by molar-refractivity contribution is -0.119. The minimum absolute atomic E-state index is 0.0525. The highest BCUT2D eigenvalue weighted by atomic mass is 32.1. The van der Waals surface area contributed by atoms with Crippen LogP contribution < -0.4 is 5.32 Å². The minimum Gasteiger partial charge on any atom is -0.451 e. The molecule has 0 saturated heterocycles. The van der Waals surface area contributed by atoms with Crippen LogP contribution in [0.2, 0.25) is 0 Å². The number of esters is 1. The SMILES string of the molecule is O=C(COC(=O)c1cc2sc3ccccc3c2s1)Nc1ccccc1F. The number of amides is 1. The molecule has 0 radical (unpaired) electrons. The number of rotatable bonds is 4. The van der Waals surface area contributed by atoms with E-state index in [-0.39, 0.29) is 5.69 Å². The molecule has 4 rings (SSSR count). The number of ether oxygens (including phenoxy) is 1. The molecule has 0 fully saturated rings. The van der Waals surface area contributed by atoms with Gasteiger partial charge in [-0.2, -0.15) is 0 Å². The fourth-order valence-electron chi connectivity index (χ4n) is 2.55. The van der Waals surface area contributed by atoms with Crippen molar-refractivity contribution in [2.45, 2.75) is 0 Å². The van der Waals surface area contributed by atoms with Crippen LogP contribution in [0.1, 0.15) is 9.67 Å². The Labute approximate surface area is 155 Å². The number of carbonyl (C=O) groups excluding carboxylic acids is 2. The molecule has 0 bridgehead atoms. The monoisotopic (exact) mass is 385 g/mol. The van der Waals surface area contributed by atoms with Crippen LogP contribution >= 0.6 is 22.7 Å².